The van der Waals surface area contributed by atoms with Gasteiger partial charge in [-0.2, -0.15) is 0 Å². The molecule has 31 heavy (non-hydrogen) atoms. The van der Waals surface area contributed by atoms with Crippen molar-refractivity contribution in [2.75, 3.05) is 6.54 Å². The van der Waals surface area contributed by atoms with Crippen molar-refractivity contribution in [1.29, 1.82) is 0 Å². The second kappa shape index (κ2) is 12.3. The van der Waals surface area contributed by atoms with Gasteiger partial charge < -0.3 is 20.1 Å². The largest absolute Gasteiger partial charge is 0.445 e. The molecule has 7 heteroatoms. The molecule has 0 heterocycles. The van der Waals surface area contributed by atoms with Crippen LogP contribution in [-0.2, 0) is 16.1 Å². The highest BCUT2D eigenvalue weighted by Crippen LogP contribution is 2.22. The third kappa shape index (κ3) is 10.4. The normalized spacial score (nSPS) is 12.0. The van der Waals surface area contributed by atoms with Gasteiger partial charge in [-0.05, 0) is 63.3 Å². The minimum absolute atomic E-state index is 0.182. The zero-order valence-corrected chi connectivity index (χ0v) is 19.9. The number of hydrogen-bond acceptors (Lipinski definition) is 4. The van der Waals surface area contributed by atoms with E-state index in [2.05, 4.69) is 26.6 Å². The summed E-state index contributed by atoms with van der Waals surface area (Å²) in [6.07, 6.45) is 1.43. The molecule has 2 rings (SSSR count). The van der Waals surface area contributed by atoms with Crippen LogP contribution in [-0.4, -0.2) is 24.3 Å². The molecule has 0 radical (unpaired) electrons. The molecule has 0 saturated carbocycles. The number of alkyl carbamates (subject to hydrolysis) is 2. The highest BCUT2D eigenvalue weighted by molar-refractivity contribution is 9.10. The molecular formula is C24H31BrN2O4. The molecule has 2 N–H and O–H groups in total. The van der Waals surface area contributed by atoms with E-state index < -0.39 is 17.8 Å². The second-order valence-electron chi connectivity index (χ2n) is 8.23. The summed E-state index contributed by atoms with van der Waals surface area (Å²) in [6.45, 7) is 6.23. The molecule has 0 aliphatic carbocycles. The molecule has 0 aliphatic heterocycles. The summed E-state index contributed by atoms with van der Waals surface area (Å²) >= 11 is 3.44. The maximum Gasteiger partial charge on any atom is 0.407 e. The van der Waals surface area contributed by atoms with E-state index in [0.29, 0.717) is 6.54 Å². The average Bonchev–Trinajstić information content (AvgIpc) is 2.71. The Bertz CT molecular complexity index is 820. The van der Waals surface area contributed by atoms with Crippen LogP contribution in [0.2, 0.25) is 0 Å². The second-order valence-corrected chi connectivity index (χ2v) is 9.15. The predicted molar refractivity (Wildman–Crippen MR) is 125 cm³/mol. The number of hydrogen-bond donors (Lipinski definition) is 2. The summed E-state index contributed by atoms with van der Waals surface area (Å²) < 4.78 is 11.6. The van der Waals surface area contributed by atoms with Gasteiger partial charge in [0, 0.05) is 11.0 Å². The van der Waals surface area contributed by atoms with E-state index in [0.717, 1.165) is 34.9 Å². The first-order valence-electron chi connectivity index (χ1n) is 10.4. The van der Waals surface area contributed by atoms with E-state index in [4.69, 9.17) is 9.47 Å². The number of benzene rings is 2. The fourth-order valence-electron chi connectivity index (χ4n) is 2.90. The van der Waals surface area contributed by atoms with Crippen LogP contribution in [0, 0.1) is 0 Å². The highest BCUT2D eigenvalue weighted by Gasteiger charge is 2.17. The fourth-order valence-corrected chi connectivity index (χ4v) is 3.17. The van der Waals surface area contributed by atoms with E-state index in [1.165, 1.54) is 0 Å². The molecule has 2 amide bonds. The smallest absolute Gasteiger partial charge is 0.407 e. The molecular weight excluding hydrogens is 460 g/mol. The Hall–Kier alpha value is -2.54. The lowest BCUT2D eigenvalue weighted by atomic mass is 10.0. The third-order valence-corrected chi connectivity index (χ3v) is 4.89. The summed E-state index contributed by atoms with van der Waals surface area (Å²) in [7, 11) is 0. The van der Waals surface area contributed by atoms with Crippen LogP contribution in [0.1, 0.15) is 57.2 Å². The molecule has 6 nitrogen and oxygen atoms in total. The van der Waals surface area contributed by atoms with Gasteiger partial charge >= 0.3 is 12.2 Å². The SMILES string of the molecule is CC(C)(C)OC(=O)NCCCC[C@@H](NC(=O)OCc1ccccc1)c1ccc(Br)cc1. The molecule has 0 spiro atoms. The quantitative estimate of drug-likeness (QED) is 0.415. The monoisotopic (exact) mass is 490 g/mol. The number of rotatable bonds is 9. The number of nitrogens with one attached hydrogen (secondary N) is 2. The molecule has 2 aromatic carbocycles. The van der Waals surface area contributed by atoms with E-state index in [9.17, 15) is 9.59 Å². The first-order chi connectivity index (χ1) is 14.7. The van der Waals surface area contributed by atoms with Gasteiger partial charge in [-0.25, -0.2) is 9.59 Å². The molecule has 0 aromatic heterocycles. The van der Waals surface area contributed by atoms with Crippen LogP contribution in [0.4, 0.5) is 9.59 Å². The first kappa shape index (κ1) is 24.7. The van der Waals surface area contributed by atoms with Crippen LogP contribution in [0.3, 0.4) is 0 Å². The first-order valence-corrected chi connectivity index (χ1v) is 11.2. The van der Waals surface area contributed by atoms with Gasteiger partial charge in [0.05, 0.1) is 6.04 Å². The molecule has 0 unspecified atom stereocenters. The third-order valence-electron chi connectivity index (χ3n) is 4.37. The minimum atomic E-state index is -0.513. The van der Waals surface area contributed by atoms with Crippen molar-refractivity contribution >= 4 is 28.1 Å². The van der Waals surface area contributed by atoms with Crippen LogP contribution in [0.15, 0.2) is 59.1 Å². The molecule has 0 fully saturated rings. The summed E-state index contributed by atoms with van der Waals surface area (Å²) in [5, 5.41) is 5.73. The lowest BCUT2D eigenvalue weighted by molar-refractivity contribution is 0.0527. The number of ether oxygens (including phenoxy) is 2. The lowest BCUT2D eigenvalue weighted by Gasteiger charge is -2.20. The van der Waals surface area contributed by atoms with Crippen LogP contribution in [0.25, 0.3) is 0 Å². The van der Waals surface area contributed by atoms with E-state index >= 15 is 0 Å². The summed E-state index contributed by atoms with van der Waals surface area (Å²) in [6, 6.07) is 17.2. The number of carbonyl (C=O) groups excluding carboxylic acids is 2. The van der Waals surface area contributed by atoms with E-state index in [1.807, 2.05) is 75.4 Å². The zero-order chi connectivity index (χ0) is 22.7. The minimum Gasteiger partial charge on any atom is -0.445 e. The van der Waals surface area contributed by atoms with Crippen molar-refractivity contribution in [2.24, 2.45) is 0 Å². The Morgan fingerprint density at radius 2 is 1.65 bits per heavy atom. The number of halogens is 1. The van der Waals surface area contributed by atoms with Gasteiger partial charge in [-0.1, -0.05) is 58.4 Å². The Labute approximate surface area is 192 Å². The van der Waals surface area contributed by atoms with Gasteiger partial charge in [-0.3, -0.25) is 0 Å². The molecule has 0 bridgehead atoms. The topological polar surface area (TPSA) is 76.7 Å². The molecule has 168 valence electrons. The van der Waals surface area contributed by atoms with E-state index in [-0.39, 0.29) is 12.6 Å². The van der Waals surface area contributed by atoms with Crippen molar-refractivity contribution < 1.29 is 19.1 Å². The highest BCUT2D eigenvalue weighted by atomic mass is 79.9. The maximum absolute atomic E-state index is 12.4. The van der Waals surface area contributed by atoms with Gasteiger partial charge in [0.1, 0.15) is 12.2 Å². The lowest BCUT2D eigenvalue weighted by Crippen LogP contribution is -2.33. The Kier molecular flexibility index (Phi) is 9.85. The van der Waals surface area contributed by atoms with Gasteiger partial charge in [0.15, 0.2) is 0 Å². The number of amides is 2. The average molecular weight is 491 g/mol. The number of unbranched alkanes of at least 4 members (excludes halogenated alkanes) is 1. The van der Waals surface area contributed by atoms with Crippen LogP contribution >= 0.6 is 15.9 Å². The summed E-state index contributed by atoms with van der Waals surface area (Å²) in [4.78, 5) is 24.1. The summed E-state index contributed by atoms with van der Waals surface area (Å²) in [5.74, 6) is 0. The van der Waals surface area contributed by atoms with E-state index in [1.54, 1.807) is 0 Å². The number of carbonyl (C=O) groups is 2. The van der Waals surface area contributed by atoms with Gasteiger partial charge in [0.25, 0.3) is 0 Å². The van der Waals surface area contributed by atoms with Gasteiger partial charge in [0.2, 0.25) is 0 Å². The molecule has 0 aliphatic rings. The van der Waals surface area contributed by atoms with Crippen LogP contribution in [0.5, 0.6) is 0 Å². The van der Waals surface area contributed by atoms with Crippen molar-refractivity contribution in [3.05, 3.63) is 70.2 Å². The standard InChI is InChI=1S/C24H31BrN2O4/c1-24(2,3)31-22(28)26-16-8-7-11-21(19-12-14-20(25)15-13-19)27-23(29)30-17-18-9-5-4-6-10-18/h4-6,9-10,12-15,21H,7-8,11,16-17H2,1-3H3,(H,26,28)(H,27,29)/t21-/m1/s1. The summed E-state index contributed by atoms with van der Waals surface area (Å²) in [5.41, 5.74) is 1.42. The van der Waals surface area contributed by atoms with Crippen molar-refractivity contribution in [2.45, 2.75) is 58.3 Å². The Balaban J connectivity index is 1.83. The zero-order valence-electron chi connectivity index (χ0n) is 18.3. The van der Waals surface area contributed by atoms with Crippen LogP contribution < -0.4 is 10.6 Å². The fraction of sp³-hybridized carbons (Fsp3) is 0.417. The van der Waals surface area contributed by atoms with Gasteiger partial charge in [-0.15, -0.1) is 0 Å². The maximum atomic E-state index is 12.4. The predicted octanol–water partition coefficient (Wildman–Crippen LogP) is 6.11. The Morgan fingerprint density at radius 3 is 2.29 bits per heavy atom. The van der Waals surface area contributed by atoms with Crippen molar-refractivity contribution in [3.8, 4) is 0 Å². The Morgan fingerprint density at radius 1 is 0.968 bits per heavy atom. The molecule has 0 saturated heterocycles. The van der Waals surface area contributed by atoms with Crippen molar-refractivity contribution in [3.63, 3.8) is 0 Å². The molecule has 2 aromatic rings. The molecule has 1 atom stereocenters. The van der Waals surface area contributed by atoms with Crippen molar-refractivity contribution in [1.82, 2.24) is 10.6 Å².